The second kappa shape index (κ2) is 8.35. The molecule has 0 unspecified atom stereocenters. The molecular weight excluding hydrogens is 435 g/mol. The summed E-state index contributed by atoms with van der Waals surface area (Å²) in [5.74, 6) is -0.245. The minimum absolute atomic E-state index is 0.0119. The Morgan fingerprint density at radius 3 is 2.57 bits per heavy atom. The number of rotatable bonds is 4. The molecule has 10 heteroatoms. The van der Waals surface area contributed by atoms with E-state index in [2.05, 4.69) is 14.6 Å². The van der Waals surface area contributed by atoms with Crippen molar-refractivity contribution in [3.63, 3.8) is 0 Å². The average molecular weight is 454 g/mol. The third-order valence-electron chi connectivity index (χ3n) is 4.76. The average Bonchev–Trinajstić information content (AvgIpc) is 3.15. The lowest BCUT2D eigenvalue weighted by Crippen LogP contribution is -2.48. The zero-order valence-corrected chi connectivity index (χ0v) is 17.6. The van der Waals surface area contributed by atoms with Crippen LogP contribution in [0.2, 0.25) is 0 Å². The molecule has 2 aromatic carbocycles. The number of alkyl halides is 3. The molecule has 1 saturated heterocycles. The highest BCUT2D eigenvalue weighted by Crippen LogP contribution is 2.33. The van der Waals surface area contributed by atoms with Crippen molar-refractivity contribution in [2.45, 2.75) is 11.3 Å². The maximum Gasteiger partial charge on any atom is 0.573 e. The van der Waals surface area contributed by atoms with Gasteiger partial charge in [-0.15, -0.1) is 24.9 Å². The van der Waals surface area contributed by atoms with Gasteiger partial charge in [0.25, 0.3) is 5.91 Å². The quantitative estimate of drug-likeness (QED) is 0.527. The van der Waals surface area contributed by atoms with E-state index >= 15 is 0 Å². The molecule has 5 nitrogen and oxygen atoms in total. The van der Waals surface area contributed by atoms with Gasteiger partial charge in [-0.2, -0.15) is 0 Å². The van der Waals surface area contributed by atoms with Gasteiger partial charge in [0, 0.05) is 37.1 Å². The van der Waals surface area contributed by atoms with E-state index in [9.17, 15) is 18.0 Å². The molecule has 3 aromatic rings. The third kappa shape index (κ3) is 4.49. The van der Waals surface area contributed by atoms with E-state index in [1.54, 1.807) is 11.8 Å². The van der Waals surface area contributed by atoms with E-state index in [4.69, 9.17) is 0 Å². The summed E-state index contributed by atoms with van der Waals surface area (Å²) in [5.41, 5.74) is 1.33. The van der Waals surface area contributed by atoms with Crippen LogP contribution in [0, 0.1) is 0 Å². The number of thioether (sulfide) groups is 1. The Bertz CT molecular complexity index is 1060. The molecule has 158 valence electrons. The van der Waals surface area contributed by atoms with Gasteiger partial charge in [0.1, 0.15) is 5.75 Å². The maximum absolute atomic E-state index is 12.9. The summed E-state index contributed by atoms with van der Waals surface area (Å²) < 4.78 is 41.9. The molecule has 0 aliphatic carbocycles. The van der Waals surface area contributed by atoms with Gasteiger partial charge < -0.3 is 14.5 Å². The number of carbonyl (C=O) groups is 1. The Morgan fingerprint density at radius 1 is 1.13 bits per heavy atom. The minimum Gasteiger partial charge on any atom is -0.406 e. The number of ether oxygens (including phenoxy) is 1. The van der Waals surface area contributed by atoms with Crippen LogP contribution in [0.25, 0.3) is 10.2 Å². The number of amides is 1. The van der Waals surface area contributed by atoms with Crippen LogP contribution in [0.4, 0.5) is 18.3 Å². The first-order valence-electron chi connectivity index (χ1n) is 9.17. The fourth-order valence-electron chi connectivity index (χ4n) is 3.32. The van der Waals surface area contributed by atoms with Crippen LogP contribution in [-0.4, -0.2) is 54.6 Å². The predicted octanol–water partition coefficient (Wildman–Crippen LogP) is 4.88. The summed E-state index contributed by atoms with van der Waals surface area (Å²) in [5, 5.41) is 0.728. The second-order valence-electron chi connectivity index (χ2n) is 6.65. The minimum atomic E-state index is -4.72. The fraction of sp³-hybridized carbons (Fsp3) is 0.300. The molecule has 30 heavy (non-hydrogen) atoms. The first-order valence-corrected chi connectivity index (χ1v) is 11.2. The van der Waals surface area contributed by atoms with Crippen molar-refractivity contribution in [2.24, 2.45) is 0 Å². The zero-order valence-electron chi connectivity index (χ0n) is 16.0. The Labute approximate surface area is 179 Å². The van der Waals surface area contributed by atoms with Crippen LogP contribution in [0.1, 0.15) is 10.4 Å². The normalized spacial score (nSPS) is 14.9. The van der Waals surface area contributed by atoms with E-state index in [1.165, 1.54) is 29.5 Å². The summed E-state index contributed by atoms with van der Waals surface area (Å²) in [7, 11) is 0. The van der Waals surface area contributed by atoms with Crippen molar-refractivity contribution in [1.82, 2.24) is 9.88 Å². The van der Waals surface area contributed by atoms with Gasteiger partial charge in [-0.05, 0) is 30.5 Å². The summed E-state index contributed by atoms with van der Waals surface area (Å²) >= 11 is 2.86. The van der Waals surface area contributed by atoms with Crippen LogP contribution < -0.4 is 9.64 Å². The highest BCUT2D eigenvalue weighted by molar-refractivity contribution is 7.98. The van der Waals surface area contributed by atoms with Gasteiger partial charge in [-0.25, -0.2) is 4.98 Å². The van der Waals surface area contributed by atoms with Gasteiger partial charge in [-0.3, -0.25) is 4.79 Å². The number of piperazine rings is 1. The summed E-state index contributed by atoms with van der Waals surface area (Å²) in [6.45, 7) is 2.33. The van der Waals surface area contributed by atoms with Crippen molar-refractivity contribution in [1.29, 1.82) is 0 Å². The lowest BCUT2D eigenvalue weighted by atomic mass is 10.2. The lowest BCUT2D eigenvalue weighted by molar-refractivity contribution is -0.274. The molecule has 2 heterocycles. The molecule has 1 amide bonds. The summed E-state index contributed by atoms with van der Waals surface area (Å²) in [6.07, 6.45) is -2.78. The van der Waals surface area contributed by atoms with Crippen molar-refractivity contribution in [3.8, 4) is 5.75 Å². The summed E-state index contributed by atoms with van der Waals surface area (Å²) in [4.78, 5) is 22.3. The monoisotopic (exact) mass is 453 g/mol. The van der Waals surface area contributed by atoms with Crippen molar-refractivity contribution >= 4 is 44.4 Å². The van der Waals surface area contributed by atoms with E-state index in [0.29, 0.717) is 42.0 Å². The highest BCUT2D eigenvalue weighted by atomic mass is 32.2. The smallest absolute Gasteiger partial charge is 0.406 e. The zero-order chi connectivity index (χ0) is 21.3. The van der Waals surface area contributed by atoms with E-state index in [1.807, 2.05) is 35.4 Å². The molecule has 0 saturated carbocycles. The van der Waals surface area contributed by atoms with E-state index in [0.717, 1.165) is 10.0 Å². The Hall–Kier alpha value is -2.46. The van der Waals surface area contributed by atoms with E-state index in [-0.39, 0.29) is 11.7 Å². The molecule has 4 rings (SSSR count). The number of hydrogen-bond acceptors (Lipinski definition) is 6. The number of halogens is 3. The number of nitrogens with zero attached hydrogens (tertiary/aromatic N) is 3. The van der Waals surface area contributed by atoms with Gasteiger partial charge in [0.2, 0.25) is 0 Å². The van der Waals surface area contributed by atoms with Gasteiger partial charge in [0.15, 0.2) is 5.13 Å². The lowest BCUT2D eigenvalue weighted by Gasteiger charge is -2.34. The molecule has 0 bridgehead atoms. The molecule has 1 aliphatic rings. The number of carbonyl (C=O) groups excluding carboxylic acids is 1. The van der Waals surface area contributed by atoms with E-state index < -0.39 is 6.36 Å². The van der Waals surface area contributed by atoms with Crippen molar-refractivity contribution in [2.75, 3.05) is 37.3 Å². The summed E-state index contributed by atoms with van der Waals surface area (Å²) in [6, 6.07) is 11.7. The topological polar surface area (TPSA) is 45.7 Å². The van der Waals surface area contributed by atoms with Crippen LogP contribution in [0.3, 0.4) is 0 Å². The van der Waals surface area contributed by atoms with Crippen molar-refractivity contribution in [3.05, 3.63) is 48.0 Å². The van der Waals surface area contributed by atoms with Crippen LogP contribution >= 0.6 is 23.1 Å². The molecule has 0 spiro atoms. The molecule has 1 fully saturated rings. The largest absolute Gasteiger partial charge is 0.573 e. The molecule has 0 N–H and O–H groups in total. The Kier molecular flexibility index (Phi) is 5.79. The number of thiazole rings is 1. The number of fused-ring (bicyclic) bond motifs is 1. The maximum atomic E-state index is 12.9. The number of hydrogen-bond donors (Lipinski definition) is 0. The SMILES string of the molecule is CSc1ccccc1C(=O)N1CCN(c2nc3ccc(OC(F)(F)F)cc3s2)CC1. The van der Waals surface area contributed by atoms with Gasteiger partial charge in [-0.1, -0.05) is 23.5 Å². The highest BCUT2D eigenvalue weighted by Gasteiger charge is 2.31. The predicted molar refractivity (Wildman–Crippen MR) is 113 cm³/mol. The molecule has 1 aliphatic heterocycles. The second-order valence-corrected chi connectivity index (χ2v) is 8.51. The molecule has 1 aromatic heterocycles. The molecule has 0 radical (unpaired) electrons. The third-order valence-corrected chi connectivity index (χ3v) is 6.63. The van der Waals surface area contributed by atoms with Crippen molar-refractivity contribution < 1.29 is 22.7 Å². The van der Waals surface area contributed by atoms with Crippen LogP contribution in [0.15, 0.2) is 47.4 Å². The molecular formula is C20H18F3N3O2S2. The first-order chi connectivity index (χ1) is 14.3. The first kappa shape index (κ1) is 20.8. The Morgan fingerprint density at radius 2 is 1.87 bits per heavy atom. The Balaban J connectivity index is 1.45. The van der Waals surface area contributed by atoms with Crippen LogP contribution in [0.5, 0.6) is 5.75 Å². The fourth-order valence-corrected chi connectivity index (χ4v) is 4.95. The standard InChI is InChI=1S/C20H18F3N3O2S2/c1-29-16-5-3-2-4-14(16)18(27)25-8-10-26(11-9-25)19-24-15-7-6-13(12-17(15)30-19)28-20(21,22)23/h2-7,12H,8-11H2,1H3. The van der Waals surface area contributed by atoms with Crippen LogP contribution in [-0.2, 0) is 0 Å². The number of aromatic nitrogens is 1. The number of anilines is 1. The molecule has 0 atom stereocenters. The van der Waals surface area contributed by atoms with Gasteiger partial charge >= 0.3 is 6.36 Å². The van der Waals surface area contributed by atoms with Gasteiger partial charge in [0.05, 0.1) is 15.8 Å². The number of benzene rings is 2.